The average molecular weight is 604 g/mol. The van der Waals surface area contributed by atoms with Gasteiger partial charge in [-0.3, -0.25) is 14.5 Å². The molecular formula is C35H45N3O6. The molecule has 2 N–H and O–H groups in total. The Morgan fingerprint density at radius 2 is 1.75 bits per heavy atom. The lowest BCUT2D eigenvalue weighted by atomic mass is 9.83. The standard InChI is InChI=1S/C35H45N3O6/c1-7-24-11-10-12-25(8-2)33(24)36-31(39)21-38-20-28(23(4)19-30-29(9-3)43-22-44-30)32(35(40)41)34(38)26-13-15-27(16-14-26)42-18-17-37(5)6/h9-16,19,28,32,34H,4,7-8,17-18,20-22H2,1-3,5-6H3,(H,36,39)(H,40,41)/b29-9+,30-19+/t28-,32-,34+/m1/s1. The molecule has 1 amide bonds. The van der Waals surface area contributed by atoms with Gasteiger partial charge in [-0.1, -0.05) is 50.8 Å². The van der Waals surface area contributed by atoms with Gasteiger partial charge in [-0.05, 0) is 80.4 Å². The summed E-state index contributed by atoms with van der Waals surface area (Å²) >= 11 is 0. The number of allylic oxidation sites excluding steroid dienone is 2. The van der Waals surface area contributed by atoms with Crippen LogP contribution >= 0.6 is 0 Å². The maximum atomic E-state index is 13.6. The second-order valence-corrected chi connectivity index (χ2v) is 11.4. The quantitative estimate of drug-likeness (QED) is 0.314. The Hall–Kier alpha value is -4.08. The van der Waals surface area contributed by atoms with E-state index in [9.17, 15) is 14.7 Å². The van der Waals surface area contributed by atoms with E-state index in [0.29, 0.717) is 36.0 Å². The van der Waals surface area contributed by atoms with Crippen LogP contribution in [0.1, 0.15) is 43.5 Å². The van der Waals surface area contributed by atoms with Gasteiger partial charge in [0.05, 0.1) is 12.5 Å². The van der Waals surface area contributed by atoms with Crippen molar-refractivity contribution in [2.45, 2.75) is 39.7 Å². The van der Waals surface area contributed by atoms with Crippen LogP contribution in [0.5, 0.6) is 5.75 Å². The van der Waals surface area contributed by atoms with Crippen LogP contribution in [0.4, 0.5) is 5.69 Å². The van der Waals surface area contributed by atoms with E-state index in [1.807, 2.05) is 73.3 Å². The number of amides is 1. The maximum Gasteiger partial charge on any atom is 0.309 e. The number of nitrogens with one attached hydrogen (secondary N) is 1. The van der Waals surface area contributed by atoms with Crippen molar-refractivity contribution in [3.05, 3.63) is 95.0 Å². The molecule has 0 radical (unpaired) electrons. The van der Waals surface area contributed by atoms with Gasteiger partial charge < -0.3 is 29.5 Å². The summed E-state index contributed by atoms with van der Waals surface area (Å²) in [6.45, 7) is 12.0. The van der Waals surface area contributed by atoms with Crippen molar-refractivity contribution in [2.75, 3.05) is 52.4 Å². The summed E-state index contributed by atoms with van der Waals surface area (Å²) in [6.07, 6.45) is 5.14. The van der Waals surface area contributed by atoms with E-state index in [-0.39, 0.29) is 19.2 Å². The summed E-state index contributed by atoms with van der Waals surface area (Å²) in [7, 11) is 3.97. The highest BCUT2D eigenvalue weighted by Crippen LogP contribution is 2.45. The number of carbonyl (C=O) groups is 2. The Kier molecular flexibility index (Phi) is 11.3. The second kappa shape index (κ2) is 15.1. The van der Waals surface area contributed by atoms with E-state index in [2.05, 4.69) is 25.7 Å². The van der Waals surface area contributed by atoms with Gasteiger partial charge in [-0.25, -0.2) is 0 Å². The normalized spacial score (nSPS) is 21.8. The number of ether oxygens (including phenoxy) is 3. The molecular weight excluding hydrogens is 558 g/mol. The number of hydrogen-bond donors (Lipinski definition) is 2. The molecule has 0 bridgehead atoms. The van der Waals surface area contributed by atoms with E-state index in [0.717, 1.165) is 41.8 Å². The third kappa shape index (κ3) is 7.70. The number of aliphatic carboxylic acids is 1. The number of benzene rings is 2. The van der Waals surface area contributed by atoms with Crippen molar-refractivity contribution in [1.29, 1.82) is 0 Å². The molecule has 2 heterocycles. The first-order chi connectivity index (χ1) is 21.2. The van der Waals surface area contributed by atoms with Gasteiger partial charge >= 0.3 is 5.97 Å². The lowest BCUT2D eigenvalue weighted by Crippen LogP contribution is -2.35. The number of aryl methyl sites for hydroxylation is 2. The van der Waals surface area contributed by atoms with E-state index >= 15 is 0 Å². The molecule has 44 heavy (non-hydrogen) atoms. The smallest absolute Gasteiger partial charge is 0.309 e. The number of nitrogens with zero attached hydrogens (tertiary/aromatic N) is 2. The van der Waals surface area contributed by atoms with Crippen LogP contribution in [0, 0.1) is 11.8 Å². The zero-order chi connectivity index (χ0) is 31.8. The lowest BCUT2D eigenvalue weighted by molar-refractivity contribution is -0.143. The zero-order valence-electron chi connectivity index (χ0n) is 26.5. The number of anilines is 1. The first-order valence-corrected chi connectivity index (χ1v) is 15.2. The minimum absolute atomic E-state index is 0.0246. The van der Waals surface area contributed by atoms with Crippen molar-refractivity contribution < 1.29 is 28.9 Å². The van der Waals surface area contributed by atoms with Gasteiger partial charge in [0.15, 0.2) is 11.5 Å². The third-order valence-corrected chi connectivity index (χ3v) is 8.25. The maximum absolute atomic E-state index is 13.6. The number of likely N-dealkylation sites (N-methyl/N-ethyl adjacent to an activating group) is 1. The monoisotopic (exact) mass is 603 g/mol. The molecule has 0 saturated carbocycles. The molecule has 0 spiro atoms. The molecule has 2 aromatic rings. The van der Waals surface area contributed by atoms with E-state index in [1.165, 1.54) is 0 Å². The van der Waals surface area contributed by atoms with Crippen LogP contribution in [0.15, 0.2) is 78.3 Å². The van der Waals surface area contributed by atoms with Crippen molar-refractivity contribution in [1.82, 2.24) is 9.80 Å². The summed E-state index contributed by atoms with van der Waals surface area (Å²) in [5.74, 6) is -0.633. The molecule has 2 fully saturated rings. The minimum Gasteiger partial charge on any atom is -0.492 e. The Morgan fingerprint density at radius 3 is 2.34 bits per heavy atom. The Morgan fingerprint density at radius 1 is 1.09 bits per heavy atom. The molecule has 4 rings (SSSR count). The van der Waals surface area contributed by atoms with Crippen molar-refractivity contribution in [2.24, 2.45) is 11.8 Å². The largest absolute Gasteiger partial charge is 0.492 e. The predicted molar refractivity (Wildman–Crippen MR) is 171 cm³/mol. The van der Waals surface area contributed by atoms with Gasteiger partial charge in [-0.2, -0.15) is 0 Å². The third-order valence-electron chi connectivity index (χ3n) is 8.25. The Labute approximate surface area is 260 Å². The molecule has 2 aromatic carbocycles. The molecule has 2 aliphatic rings. The molecule has 0 aromatic heterocycles. The first-order valence-electron chi connectivity index (χ1n) is 15.2. The van der Waals surface area contributed by atoms with E-state index in [1.54, 1.807) is 12.2 Å². The number of carboxylic acid groups (broad SMARTS) is 1. The van der Waals surface area contributed by atoms with Gasteiger partial charge in [0, 0.05) is 30.7 Å². The van der Waals surface area contributed by atoms with E-state index in [4.69, 9.17) is 14.2 Å². The number of carbonyl (C=O) groups excluding carboxylic acids is 1. The first kappa shape index (κ1) is 32.8. The lowest BCUT2D eigenvalue weighted by Gasteiger charge is -2.27. The molecule has 0 unspecified atom stereocenters. The molecule has 2 aliphatic heterocycles. The van der Waals surface area contributed by atoms with Gasteiger partial charge in [0.1, 0.15) is 12.4 Å². The average Bonchev–Trinajstić information content (AvgIpc) is 3.61. The number of hydrogen-bond acceptors (Lipinski definition) is 7. The highest BCUT2D eigenvalue weighted by molar-refractivity contribution is 5.94. The summed E-state index contributed by atoms with van der Waals surface area (Å²) in [4.78, 5) is 30.5. The molecule has 3 atom stereocenters. The topological polar surface area (TPSA) is 101 Å². The fourth-order valence-electron chi connectivity index (χ4n) is 5.95. The van der Waals surface area contributed by atoms with Crippen LogP contribution in [0.25, 0.3) is 0 Å². The van der Waals surface area contributed by atoms with Crippen molar-refractivity contribution in [3.8, 4) is 5.75 Å². The number of para-hydroxylation sites is 1. The summed E-state index contributed by atoms with van der Waals surface area (Å²) < 4.78 is 17.0. The van der Waals surface area contributed by atoms with Crippen LogP contribution < -0.4 is 10.1 Å². The predicted octanol–water partition coefficient (Wildman–Crippen LogP) is 5.41. The highest BCUT2D eigenvalue weighted by atomic mass is 16.7. The minimum atomic E-state index is -0.951. The number of likely N-dealkylation sites (tertiary alicyclic amines) is 1. The zero-order valence-corrected chi connectivity index (χ0v) is 26.5. The van der Waals surface area contributed by atoms with E-state index < -0.39 is 23.8 Å². The van der Waals surface area contributed by atoms with Crippen LogP contribution in [0.3, 0.4) is 0 Å². The Balaban J connectivity index is 1.65. The fraction of sp³-hybridized carbons (Fsp3) is 0.429. The Bertz CT molecular complexity index is 1380. The molecule has 236 valence electrons. The summed E-state index contributed by atoms with van der Waals surface area (Å²) in [6, 6.07) is 13.0. The highest BCUT2D eigenvalue weighted by Gasteiger charge is 2.48. The SMILES string of the molecule is C=C(/C=C1/OCO/C1=C/C)[C@H]1CN(CC(=O)Nc2c(CC)cccc2CC)[C@@H](c2ccc(OCCN(C)C)cc2)[C@@H]1C(=O)O. The summed E-state index contributed by atoms with van der Waals surface area (Å²) in [5, 5.41) is 13.7. The molecule has 0 aliphatic carbocycles. The molecule has 2 saturated heterocycles. The number of rotatable bonds is 13. The van der Waals surface area contributed by atoms with Crippen LogP contribution in [-0.4, -0.2) is 73.9 Å². The summed E-state index contributed by atoms with van der Waals surface area (Å²) in [5.41, 5.74) is 4.39. The number of carboxylic acids is 1. The molecule has 9 heteroatoms. The van der Waals surface area contributed by atoms with Gasteiger partial charge in [0.2, 0.25) is 12.7 Å². The van der Waals surface area contributed by atoms with Crippen molar-refractivity contribution >= 4 is 17.6 Å². The van der Waals surface area contributed by atoms with Gasteiger partial charge in [0.25, 0.3) is 0 Å². The van der Waals surface area contributed by atoms with Crippen LogP contribution in [-0.2, 0) is 31.9 Å². The molecule has 9 nitrogen and oxygen atoms in total. The van der Waals surface area contributed by atoms with Crippen molar-refractivity contribution in [3.63, 3.8) is 0 Å². The second-order valence-electron chi connectivity index (χ2n) is 11.4. The van der Waals surface area contributed by atoms with Crippen LogP contribution in [0.2, 0.25) is 0 Å². The fourth-order valence-corrected chi connectivity index (χ4v) is 5.95. The van der Waals surface area contributed by atoms with Gasteiger partial charge in [-0.15, -0.1) is 0 Å².